The highest BCUT2D eigenvalue weighted by atomic mass is 14.1. The van der Waals surface area contributed by atoms with Crippen LogP contribution in [0.4, 0.5) is 0 Å². The number of allylic oxidation sites excluding steroid dienone is 4. The molecule has 0 radical (unpaired) electrons. The van der Waals surface area contributed by atoms with Gasteiger partial charge in [-0.2, -0.15) is 0 Å². The third kappa shape index (κ3) is 2.68. The van der Waals surface area contributed by atoms with Crippen molar-refractivity contribution in [1.82, 2.24) is 0 Å². The highest BCUT2D eigenvalue weighted by Gasteiger charge is 2.07. The number of rotatable bonds is 2. The Morgan fingerprint density at radius 1 is 0.684 bits per heavy atom. The topological polar surface area (TPSA) is 0 Å². The van der Waals surface area contributed by atoms with Crippen molar-refractivity contribution in [2.75, 3.05) is 0 Å². The molecule has 0 aliphatic heterocycles. The summed E-state index contributed by atoms with van der Waals surface area (Å²) in [6.07, 6.45) is 6.85. The minimum absolute atomic E-state index is 1.15. The van der Waals surface area contributed by atoms with Gasteiger partial charge in [-0.05, 0) is 48.1 Å². The molecule has 0 heteroatoms. The molecule has 3 rings (SSSR count). The molecule has 0 saturated carbocycles. The van der Waals surface area contributed by atoms with Crippen molar-refractivity contribution >= 4 is 5.57 Å². The van der Waals surface area contributed by atoms with Gasteiger partial charge in [0.1, 0.15) is 0 Å². The molecule has 0 fully saturated rings. The molecular formula is C19H18. The average molecular weight is 246 g/mol. The third-order valence-corrected chi connectivity index (χ3v) is 3.70. The van der Waals surface area contributed by atoms with Gasteiger partial charge in [-0.1, -0.05) is 66.3 Å². The minimum Gasteiger partial charge on any atom is -0.0730 e. The molecule has 0 spiro atoms. The van der Waals surface area contributed by atoms with Crippen molar-refractivity contribution in [3.8, 4) is 11.1 Å². The SMILES string of the molecule is CC1=CC=C(c2cccc(-c3ccccc3)c2)CC1. The van der Waals surface area contributed by atoms with E-state index in [2.05, 4.69) is 73.7 Å². The Kier molecular flexibility index (Phi) is 3.33. The standard InChI is InChI=1S/C19H18/c1-15-10-12-17(13-11-15)19-9-5-8-18(14-19)16-6-3-2-4-7-16/h2-10,12,14H,11,13H2,1H3. The molecule has 0 heterocycles. The molecule has 2 aromatic rings. The van der Waals surface area contributed by atoms with Crippen molar-refractivity contribution < 1.29 is 0 Å². The van der Waals surface area contributed by atoms with Crippen LogP contribution >= 0.6 is 0 Å². The van der Waals surface area contributed by atoms with E-state index in [9.17, 15) is 0 Å². The summed E-state index contributed by atoms with van der Waals surface area (Å²) < 4.78 is 0. The summed E-state index contributed by atoms with van der Waals surface area (Å²) in [5.74, 6) is 0. The Labute approximate surface area is 115 Å². The molecule has 1 aliphatic rings. The van der Waals surface area contributed by atoms with Crippen LogP contribution in [0, 0.1) is 0 Å². The first-order valence-electron chi connectivity index (χ1n) is 6.85. The van der Waals surface area contributed by atoms with Crippen molar-refractivity contribution in [3.63, 3.8) is 0 Å². The third-order valence-electron chi connectivity index (χ3n) is 3.70. The van der Waals surface area contributed by atoms with E-state index in [4.69, 9.17) is 0 Å². The van der Waals surface area contributed by atoms with E-state index in [0.29, 0.717) is 0 Å². The van der Waals surface area contributed by atoms with Gasteiger partial charge in [0.25, 0.3) is 0 Å². The highest BCUT2D eigenvalue weighted by molar-refractivity contribution is 5.74. The average Bonchev–Trinajstić information content (AvgIpc) is 2.49. The molecule has 19 heavy (non-hydrogen) atoms. The normalized spacial score (nSPS) is 14.8. The monoisotopic (exact) mass is 246 g/mol. The fourth-order valence-electron chi connectivity index (χ4n) is 2.51. The smallest absolute Gasteiger partial charge is 0.0178 e. The molecule has 0 nitrogen and oxygen atoms in total. The number of hydrogen-bond donors (Lipinski definition) is 0. The maximum absolute atomic E-state index is 2.30. The van der Waals surface area contributed by atoms with Gasteiger partial charge in [0.05, 0.1) is 0 Å². The zero-order chi connectivity index (χ0) is 13.1. The van der Waals surface area contributed by atoms with Gasteiger partial charge in [0, 0.05) is 0 Å². The predicted molar refractivity (Wildman–Crippen MR) is 82.8 cm³/mol. The Morgan fingerprint density at radius 3 is 2.16 bits per heavy atom. The van der Waals surface area contributed by atoms with E-state index in [-0.39, 0.29) is 0 Å². The van der Waals surface area contributed by atoms with Gasteiger partial charge in [-0.15, -0.1) is 0 Å². The van der Waals surface area contributed by atoms with Gasteiger partial charge in [-0.25, -0.2) is 0 Å². The maximum atomic E-state index is 2.30. The molecule has 0 saturated heterocycles. The van der Waals surface area contributed by atoms with E-state index in [1.807, 2.05) is 0 Å². The van der Waals surface area contributed by atoms with E-state index < -0.39 is 0 Å². The molecule has 0 N–H and O–H groups in total. The first-order chi connectivity index (χ1) is 9.33. The summed E-state index contributed by atoms with van der Waals surface area (Å²) >= 11 is 0. The predicted octanol–water partition coefficient (Wildman–Crippen LogP) is 5.48. The maximum Gasteiger partial charge on any atom is -0.0178 e. The van der Waals surface area contributed by atoms with Crippen molar-refractivity contribution in [1.29, 1.82) is 0 Å². The highest BCUT2D eigenvalue weighted by Crippen LogP contribution is 2.29. The van der Waals surface area contributed by atoms with E-state index >= 15 is 0 Å². The molecule has 1 aliphatic carbocycles. The molecular weight excluding hydrogens is 228 g/mol. The van der Waals surface area contributed by atoms with Crippen molar-refractivity contribution in [2.24, 2.45) is 0 Å². The summed E-state index contributed by atoms with van der Waals surface area (Å²) in [6.45, 7) is 2.20. The zero-order valence-electron chi connectivity index (χ0n) is 11.3. The first kappa shape index (κ1) is 12.0. The second kappa shape index (κ2) is 5.27. The zero-order valence-corrected chi connectivity index (χ0v) is 11.3. The van der Waals surface area contributed by atoms with E-state index in [1.165, 1.54) is 34.3 Å². The first-order valence-corrected chi connectivity index (χ1v) is 6.85. The fraction of sp³-hybridized carbons (Fsp3) is 0.158. The van der Waals surface area contributed by atoms with E-state index in [0.717, 1.165) is 6.42 Å². The quantitative estimate of drug-likeness (QED) is 0.658. The van der Waals surface area contributed by atoms with Crippen LogP contribution in [-0.4, -0.2) is 0 Å². The van der Waals surface area contributed by atoms with Gasteiger partial charge in [-0.3, -0.25) is 0 Å². The second-order valence-corrected chi connectivity index (χ2v) is 5.15. The Bertz CT molecular complexity index is 630. The van der Waals surface area contributed by atoms with Gasteiger partial charge in [0.2, 0.25) is 0 Å². The lowest BCUT2D eigenvalue weighted by atomic mass is 9.92. The Hall–Kier alpha value is -2.08. The van der Waals surface area contributed by atoms with Crippen LogP contribution in [0.15, 0.2) is 72.3 Å². The summed E-state index contributed by atoms with van der Waals surface area (Å²) in [5, 5.41) is 0. The molecule has 0 atom stereocenters. The van der Waals surface area contributed by atoms with Crippen molar-refractivity contribution in [3.05, 3.63) is 77.9 Å². The molecule has 0 amide bonds. The summed E-state index contributed by atoms with van der Waals surface area (Å²) in [7, 11) is 0. The lowest BCUT2D eigenvalue weighted by Gasteiger charge is -2.13. The number of benzene rings is 2. The van der Waals surface area contributed by atoms with Crippen LogP contribution in [0.1, 0.15) is 25.3 Å². The van der Waals surface area contributed by atoms with Gasteiger partial charge >= 0.3 is 0 Å². The fourth-order valence-corrected chi connectivity index (χ4v) is 2.51. The molecule has 0 unspecified atom stereocenters. The van der Waals surface area contributed by atoms with Crippen LogP contribution < -0.4 is 0 Å². The lowest BCUT2D eigenvalue weighted by molar-refractivity contribution is 0.977. The van der Waals surface area contributed by atoms with Crippen LogP contribution in [0.2, 0.25) is 0 Å². The van der Waals surface area contributed by atoms with Crippen LogP contribution in [-0.2, 0) is 0 Å². The Morgan fingerprint density at radius 2 is 1.42 bits per heavy atom. The Balaban J connectivity index is 1.97. The summed E-state index contributed by atoms with van der Waals surface area (Å²) in [4.78, 5) is 0. The molecule has 94 valence electrons. The second-order valence-electron chi connectivity index (χ2n) is 5.15. The summed E-state index contributed by atoms with van der Waals surface area (Å²) in [5.41, 5.74) is 6.86. The van der Waals surface area contributed by atoms with Crippen LogP contribution in [0.25, 0.3) is 16.7 Å². The lowest BCUT2D eigenvalue weighted by Crippen LogP contribution is -1.91. The van der Waals surface area contributed by atoms with Crippen molar-refractivity contribution in [2.45, 2.75) is 19.8 Å². The van der Waals surface area contributed by atoms with Crippen LogP contribution in [0.5, 0.6) is 0 Å². The van der Waals surface area contributed by atoms with E-state index in [1.54, 1.807) is 0 Å². The van der Waals surface area contributed by atoms with Gasteiger partial charge in [0.15, 0.2) is 0 Å². The largest absolute Gasteiger partial charge is 0.0730 e. The summed E-state index contributed by atoms with van der Waals surface area (Å²) in [6, 6.07) is 19.4. The van der Waals surface area contributed by atoms with Crippen LogP contribution in [0.3, 0.4) is 0 Å². The molecule has 0 aromatic heterocycles. The molecule has 2 aromatic carbocycles. The number of hydrogen-bond acceptors (Lipinski definition) is 0. The molecule has 0 bridgehead atoms. The minimum atomic E-state index is 1.15. The van der Waals surface area contributed by atoms with Gasteiger partial charge < -0.3 is 0 Å².